The maximum atomic E-state index is 13.1. The summed E-state index contributed by atoms with van der Waals surface area (Å²) in [4.78, 5) is 27.4. The van der Waals surface area contributed by atoms with Gasteiger partial charge in [0.15, 0.2) is 0 Å². The standard InChI is InChI=1S/C27H36BrNO6/c1-4-10-29-26(33)20-13-18(15-35-3)24(21(14-30)25(20)27(29)34)23(32)8-6-16(5-2)11-17-12-19(28)7-9-22(17)31/h7,9,11-12,20-21,23,25,30-32H,4-6,8,10,13-15H2,1-3H3/b16-11+/t20-,21+,23-,25-/m1/s1. The average molecular weight is 550 g/mol. The van der Waals surface area contributed by atoms with E-state index < -0.39 is 23.9 Å². The van der Waals surface area contributed by atoms with Gasteiger partial charge in [-0.1, -0.05) is 41.4 Å². The van der Waals surface area contributed by atoms with Crippen LogP contribution in [0.3, 0.4) is 0 Å². The van der Waals surface area contributed by atoms with Gasteiger partial charge in [-0.25, -0.2) is 0 Å². The molecule has 1 heterocycles. The zero-order valence-electron chi connectivity index (χ0n) is 20.7. The molecule has 0 radical (unpaired) electrons. The van der Waals surface area contributed by atoms with Gasteiger partial charge in [0.25, 0.3) is 0 Å². The van der Waals surface area contributed by atoms with Crippen molar-refractivity contribution in [1.29, 1.82) is 0 Å². The molecule has 2 aliphatic rings. The van der Waals surface area contributed by atoms with Crippen molar-refractivity contribution in [1.82, 2.24) is 4.90 Å². The number of carbonyl (C=O) groups excluding carboxylic acids is 2. The number of halogens is 1. The number of aliphatic hydroxyl groups is 2. The van der Waals surface area contributed by atoms with Gasteiger partial charge in [0, 0.05) is 29.6 Å². The Balaban J connectivity index is 1.86. The molecule has 8 heteroatoms. The SMILES string of the molecule is CCCN1C(=O)[C@@H]2[C@@H](CC(COC)=C([C@H](O)CC/C(=C/c3cc(Br)ccc3O)CC)[C@@H]2CO)C1=O. The lowest BCUT2D eigenvalue weighted by molar-refractivity contribution is -0.140. The van der Waals surface area contributed by atoms with E-state index in [2.05, 4.69) is 15.9 Å². The molecule has 3 rings (SSSR count). The number of hydrogen-bond acceptors (Lipinski definition) is 6. The molecule has 1 aromatic carbocycles. The lowest BCUT2D eigenvalue weighted by Gasteiger charge is -2.36. The number of imide groups is 1. The van der Waals surface area contributed by atoms with E-state index in [1.54, 1.807) is 19.2 Å². The second kappa shape index (κ2) is 12.3. The maximum absolute atomic E-state index is 13.1. The van der Waals surface area contributed by atoms with Crippen LogP contribution in [-0.2, 0) is 14.3 Å². The largest absolute Gasteiger partial charge is 0.507 e. The molecule has 1 aliphatic carbocycles. The number of rotatable bonds is 11. The van der Waals surface area contributed by atoms with Crippen molar-refractivity contribution < 1.29 is 29.6 Å². The second-order valence-electron chi connectivity index (χ2n) is 9.36. The molecule has 0 unspecified atom stereocenters. The normalized spacial score (nSPS) is 23.8. The monoisotopic (exact) mass is 549 g/mol. The minimum Gasteiger partial charge on any atom is -0.507 e. The summed E-state index contributed by atoms with van der Waals surface area (Å²) < 4.78 is 6.25. The van der Waals surface area contributed by atoms with Crippen LogP contribution in [-0.4, -0.2) is 65.0 Å². The van der Waals surface area contributed by atoms with Crippen LogP contribution in [0.15, 0.2) is 39.4 Å². The number of fused-ring (bicyclic) bond motifs is 1. The molecular weight excluding hydrogens is 514 g/mol. The minimum absolute atomic E-state index is 0.185. The van der Waals surface area contributed by atoms with Crippen molar-refractivity contribution in [3.8, 4) is 5.75 Å². The number of carbonyl (C=O) groups is 2. The Morgan fingerprint density at radius 3 is 2.66 bits per heavy atom. The van der Waals surface area contributed by atoms with Gasteiger partial charge in [0.05, 0.1) is 31.2 Å². The van der Waals surface area contributed by atoms with E-state index in [4.69, 9.17) is 4.74 Å². The second-order valence-corrected chi connectivity index (χ2v) is 10.3. The maximum Gasteiger partial charge on any atom is 0.233 e. The first-order valence-electron chi connectivity index (χ1n) is 12.3. The van der Waals surface area contributed by atoms with Crippen LogP contribution >= 0.6 is 15.9 Å². The lowest BCUT2D eigenvalue weighted by Crippen LogP contribution is -2.39. The fraction of sp³-hybridized carbons (Fsp3) is 0.556. The Bertz CT molecular complexity index is 1000. The van der Waals surface area contributed by atoms with Crippen molar-refractivity contribution in [2.24, 2.45) is 17.8 Å². The zero-order chi connectivity index (χ0) is 25.7. The van der Waals surface area contributed by atoms with Crippen molar-refractivity contribution in [3.63, 3.8) is 0 Å². The number of methoxy groups -OCH3 is 1. The fourth-order valence-electron chi connectivity index (χ4n) is 5.46. The van der Waals surface area contributed by atoms with Crippen molar-refractivity contribution in [3.05, 3.63) is 45.0 Å². The number of aromatic hydroxyl groups is 1. The third kappa shape index (κ3) is 5.88. The number of hydrogen-bond donors (Lipinski definition) is 3. The van der Waals surface area contributed by atoms with Crippen LogP contribution < -0.4 is 0 Å². The van der Waals surface area contributed by atoms with Crippen LogP contribution in [0.1, 0.15) is 51.5 Å². The Morgan fingerprint density at radius 2 is 2.03 bits per heavy atom. The summed E-state index contributed by atoms with van der Waals surface area (Å²) in [5.41, 5.74) is 3.19. The van der Waals surface area contributed by atoms with Crippen molar-refractivity contribution in [2.45, 2.75) is 52.1 Å². The van der Waals surface area contributed by atoms with E-state index >= 15 is 0 Å². The third-order valence-electron chi connectivity index (χ3n) is 7.14. The topological polar surface area (TPSA) is 107 Å². The Labute approximate surface area is 215 Å². The summed E-state index contributed by atoms with van der Waals surface area (Å²) in [5, 5.41) is 31.8. The Kier molecular flexibility index (Phi) is 9.69. The molecule has 0 spiro atoms. The highest BCUT2D eigenvalue weighted by Crippen LogP contribution is 2.46. The van der Waals surface area contributed by atoms with E-state index in [0.717, 1.165) is 22.0 Å². The van der Waals surface area contributed by atoms with E-state index in [1.165, 1.54) is 4.90 Å². The number of benzene rings is 1. The molecule has 7 nitrogen and oxygen atoms in total. The minimum atomic E-state index is -0.882. The first-order valence-corrected chi connectivity index (χ1v) is 13.1. The van der Waals surface area contributed by atoms with Gasteiger partial charge in [0.1, 0.15) is 5.75 Å². The van der Waals surface area contributed by atoms with Gasteiger partial charge >= 0.3 is 0 Å². The summed E-state index contributed by atoms with van der Waals surface area (Å²) in [6.07, 6.45) is 3.80. The molecule has 4 atom stereocenters. The quantitative estimate of drug-likeness (QED) is 0.284. The smallest absolute Gasteiger partial charge is 0.233 e. The molecule has 1 aromatic rings. The van der Waals surface area contributed by atoms with Gasteiger partial charge in [-0.15, -0.1) is 0 Å². The molecule has 2 amide bonds. The summed E-state index contributed by atoms with van der Waals surface area (Å²) in [7, 11) is 1.56. The summed E-state index contributed by atoms with van der Waals surface area (Å²) in [5.74, 6) is -2.03. The summed E-state index contributed by atoms with van der Waals surface area (Å²) in [6.45, 7) is 4.23. The van der Waals surface area contributed by atoms with E-state index in [0.29, 0.717) is 43.4 Å². The van der Waals surface area contributed by atoms with Gasteiger partial charge in [0.2, 0.25) is 11.8 Å². The highest BCUT2D eigenvalue weighted by molar-refractivity contribution is 9.10. The first-order chi connectivity index (χ1) is 16.8. The van der Waals surface area contributed by atoms with Gasteiger partial charge in [-0.3, -0.25) is 14.5 Å². The van der Waals surface area contributed by atoms with Crippen LogP contribution in [0.2, 0.25) is 0 Å². The number of phenolic OH excluding ortho intramolecular Hbond substituents is 1. The third-order valence-corrected chi connectivity index (χ3v) is 7.63. The Morgan fingerprint density at radius 1 is 1.29 bits per heavy atom. The van der Waals surface area contributed by atoms with Crippen LogP contribution in [0.25, 0.3) is 6.08 Å². The molecule has 192 valence electrons. The average Bonchev–Trinajstić information content (AvgIpc) is 3.07. The number of likely N-dealkylation sites (tertiary alicyclic amines) is 1. The molecule has 1 aliphatic heterocycles. The number of phenols is 1. The van der Waals surface area contributed by atoms with Crippen LogP contribution in [0.5, 0.6) is 5.75 Å². The predicted molar refractivity (Wildman–Crippen MR) is 137 cm³/mol. The predicted octanol–water partition coefficient (Wildman–Crippen LogP) is 4.06. The summed E-state index contributed by atoms with van der Waals surface area (Å²) >= 11 is 3.43. The molecule has 1 saturated heterocycles. The Hall–Kier alpha value is -2.00. The van der Waals surface area contributed by atoms with Gasteiger partial charge in [-0.05, 0) is 61.4 Å². The molecule has 3 N–H and O–H groups in total. The van der Waals surface area contributed by atoms with E-state index in [-0.39, 0.29) is 30.8 Å². The fourth-order valence-corrected chi connectivity index (χ4v) is 5.84. The molecule has 0 aromatic heterocycles. The summed E-state index contributed by atoms with van der Waals surface area (Å²) in [6, 6.07) is 5.24. The number of allylic oxidation sites excluding steroid dienone is 1. The van der Waals surface area contributed by atoms with Crippen molar-refractivity contribution in [2.75, 3.05) is 26.9 Å². The molecular formula is C27H36BrNO6. The number of ether oxygens (including phenoxy) is 1. The van der Waals surface area contributed by atoms with Crippen LogP contribution in [0.4, 0.5) is 0 Å². The number of amides is 2. The molecule has 35 heavy (non-hydrogen) atoms. The van der Waals surface area contributed by atoms with Crippen molar-refractivity contribution >= 4 is 33.8 Å². The van der Waals surface area contributed by atoms with E-state index in [9.17, 15) is 24.9 Å². The number of aliphatic hydroxyl groups excluding tert-OH is 2. The highest BCUT2D eigenvalue weighted by atomic mass is 79.9. The van der Waals surface area contributed by atoms with Crippen LogP contribution in [0, 0.1) is 17.8 Å². The molecule has 0 bridgehead atoms. The van der Waals surface area contributed by atoms with E-state index in [1.807, 2.05) is 26.0 Å². The number of nitrogens with zero attached hydrogens (tertiary/aromatic N) is 1. The van der Waals surface area contributed by atoms with Gasteiger partial charge in [-0.2, -0.15) is 0 Å². The zero-order valence-corrected chi connectivity index (χ0v) is 22.3. The molecule has 0 saturated carbocycles. The lowest BCUT2D eigenvalue weighted by atomic mass is 9.68. The van der Waals surface area contributed by atoms with Gasteiger partial charge < -0.3 is 20.1 Å². The highest BCUT2D eigenvalue weighted by Gasteiger charge is 2.54. The first kappa shape index (κ1) is 27.6. The molecule has 1 fully saturated rings.